The Hall–Kier alpha value is -0.790. The van der Waals surface area contributed by atoms with E-state index in [1.807, 2.05) is 12.1 Å². The quantitative estimate of drug-likeness (QED) is 0.642. The van der Waals surface area contributed by atoms with Gasteiger partial charge in [-0.05, 0) is 54.7 Å². The predicted molar refractivity (Wildman–Crippen MR) is 82.7 cm³/mol. The van der Waals surface area contributed by atoms with E-state index in [0.29, 0.717) is 4.83 Å². The van der Waals surface area contributed by atoms with Crippen LogP contribution in [-0.4, -0.2) is 0 Å². The van der Waals surface area contributed by atoms with Crippen molar-refractivity contribution >= 4 is 27.5 Å². The molecular formula is C16H16BrCl. The molecule has 0 saturated heterocycles. The summed E-state index contributed by atoms with van der Waals surface area (Å²) in [6.45, 7) is 4.22. The summed E-state index contributed by atoms with van der Waals surface area (Å²) >= 11 is 9.87. The average molecular weight is 324 g/mol. The minimum Gasteiger partial charge on any atom is -0.0843 e. The molecule has 94 valence electrons. The van der Waals surface area contributed by atoms with E-state index in [1.54, 1.807) is 0 Å². The van der Waals surface area contributed by atoms with Crippen LogP contribution in [0.25, 0.3) is 0 Å². The maximum atomic E-state index is 6.11. The smallest absolute Gasteiger partial charge is 0.0436 e. The molecule has 1 atom stereocenters. The first-order valence-electron chi connectivity index (χ1n) is 6.02. The van der Waals surface area contributed by atoms with Gasteiger partial charge in [0, 0.05) is 9.85 Å². The van der Waals surface area contributed by atoms with Crippen molar-refractivity contribution in [3.8, 4) is 0 Å². The maximum Gasteiger partial charge on any atom is 0.0436 e. The Bertz CT molecular complexity index is 528. The number of alkyl halides is 1. The fourth-order valence-corrected chi connectivity index (χ4v) is 3.01. The third kappa shape index (κ3) is 3.37. The van der Waals surface area contributed by atoms with Gasteiger partial charge in [0.05, 0.1) is 0 Å². The molecule has 2 aromatic carbocycles. The van der Waals surface area contributed by atoms with Crippen LogP contribution in [0, 0.1) is 13.8 Å². The maximum absolute atomic E-state index is 6.11. The molecule has 2 rings (SSSR count). The Labute approximate surface area is 122 Å². The highest BCUT2D eigenvalue weighted by atomic mass is 79.9. The van der Waals surface area contributed by atoms with Gasteiger partial charge in [-0.2, -0.15) is 0 Å². The van der Waals surface area contributed by atoms with E-state index in [0.717, 1.165) is 11.4 Å². The Morgan fingerprint density at radius 3 is 2.50 bits per heavy atom. The molecule has 0 spiro atoms. The zero-order valence-electron chi connectivity index (χ0n) is 10.6. The van der Waals surface area contributed by atoms with Crippen molar-refractivity contribution in [3.63, 3.8) is 0 Å². The zero-order chi connectivity index (χ0) is 13.1. The summed E-state index contributed by atoms with van der Waals surface area (Å²) in [6, 6.07) is 14.7. The normalized spacial score (nSPS) is 12.4. The van der Waals surface area contributed by atoms with E-state index < -0.39 is 0 Å². The first-order valence-corrected chi connectivity index (χ1v) is 7.31. The predicted octanol–water partition coefficient (Wildman–Crippen LogP) is 5.64. The fraction of sp³-hybridized carbons (Fsp3) is 0.250. The molecule has 0 aliphatic carbocycles. The largest absolute Gasteiger partial charge is 0.0843 e. The van der Waals surface area contributed by atoms with Crippen LogP contribution in [0.1, 0.15) is 27.1 Å². The van der Waals surface area contributed by atoms with E-state index in [-0.39, 0.29) is 0 Å². The van der Waals surface area contributed by atoms with Gasteiger partial charge in [0.25, 0.3) is 0 Å². The standard InChI is InChI=1S/C16H16BrCl/c1-11-7-14(9-15(18)8-11)16(17)10-13-6-4-3-5-12(13)2/h3-9,16H,10H2,1-2H3. The van der Waals surface area contributed by atoms with Gasteiger partial charge < -0.3 is 0 Å². The van der Waals surface area contributed by atoms with Crippen molar-refractivity contribution in [1.82, 2.24) is 0 Å². The number of rotatable bonds is 3. The molecule has 0 amide bonds. The molecule has 0 fully saturated rings. The second-order valence-electron chi connectivity index (χ2n) is 4.66. The first kappa shape index (κ1) is 13.6. The monoisotopic (exact) mass is 322 g/mol. The Balaban J connectivity index is 2.22. The van der Waals surface area contributed by atoms with Gasteiger partial charge in [-0.25, -0.2) is 0 Å². The lowest BCUT2D eigenvalue weighted by molar-refractivity contribution is 0.937. The number of hydrogen-bond acceptors (Lipinski definition) is 0. The first-order chi connectivity index (χ1) is 8.56. The van der Waals surface area contributed by atoms with Crippen LogP contribution < -0.4 is 0 Å². The molecular weight excluding hydrogens is 308 g/mol. The van der Waals surface area contributed by atoms with Crippen LogP contribution in [0.15, 0.2) is 42.5 Å². The lowest BCUT2D eigenvalue weighted by atomic mass is 10.00. The van der Waals surface area contributed by atoms with Gasteiger partial charge in [0.15, 0.2) is 0 Å². The fourth-order valence-electron chi connectivity index (χ4n) is 2.10. The topological polar surface area (TPSA) is 0 Å². The minimum absolute atomic E-state index is 0.302. The lowest BCUT2D eigenvalue weighted by Gasteiger charge is -2.13. The van der Waals surface area contributed by atoms with Crippen LogP contribution >= 0.6 is 27.5 Å². The summed E-state index contributed by atoms with van der Waals surface area (Å²) < 4.78 is 0. The molecule has 0 bridgehead atoms. The van der Waals surface area contributed by atoms with Gasteiger partial charge in [-0.1, -0.05) is 57.9 Å². The Kier molecular flexibility index (Phi) is 4.47. The molecule has 18 heavy (non-hydrogen) atoms. The second kappa shape index (κ2) is 5.90. The molecule has 0 aliphatic heterocycles. The van der Waals surface area contributed by atoms with Gasteiger partial charge >= 0.3 is 0 Å². The molecule has 2 heteroatoms. The van der Waals surface area contributed by atoms with Crippen LogP contribution in [-0.2, 0) is 6.42 Å². The zero-order valence-corrected chi connectivity index (χ0v) is 12.9. The summed E-state index contributed by atoms with van der Waals surface area (Å²) in [7, 11) is 0. The summed E-state index contributed by atoms with van der Waals surface area (Å²) in [5, 5.41) is 0.805. The Morgan fingerprint density at radius 2 is 1.83 bits per heavy atom. The van der Waals surface area contributed by atoms with Crippen molar-refractivity contribution in [3.05, 3.63) is 69.7 Å². The van der Waals surface area contributed by atoms with E-state index in [1.165, 1.54) is 22.3 Å². The lowest BCUT2D eigenvalue weighted by Crippen LogP contribution is -1.98. The number of benzene rings is 2. The van der Waals surface area contributed by atoms with Crippen molar-refractivity contribution < 1.29 is 0 Å². The van der Waals surface area contributed by atoms with E-state index >= 15 is 0 Å². The molecule has 0 N–H and O–H groups in total. The summed E-state index contributed by atoms with van der Waals surface area (Å²) in [4.78, 5) is 0.302. The van der Waals surface area contributed by atoms with Crippen molar-refractivity contribution in [1.29, 1.82) is 0 Å². The summed E-state index contributed by atoms with van der Waals surface area (Å²) in [5.74, 6) is 0. The molecule has 0 aliphatic rings. The highest BCUT2D eigenvalue weighted by molar-refractivity contribution is 9.09. The van der Waals surface area contributed by atoms with E-state index in [9.17, 15) is 0 Å². The number of halogens is 2. The van der Waals surface area contributed by atoms with Gasteiger partial charge in [-0.3, -0.25) is 0 Å². The van der Waals surface area contributed by atoms with Crippen LogP contribution in [0.5, 0.6) is 0 Å². The summed E-state index contributed by atoms with van der Waals surface area (Å²) in [5.41, 5.74) is 5.15. The van der Waals surface area contributed by atoms with E-state index in [4.69, 9.17) is 11.6 Å². The SMILES string of the molecule is Cc1cc(Cl)cc(C(Br)Cc2ccccc2C)c1. The minimum atomic E-state index is 0.302. The van der Waals surface area contributed by atoms with Gasteiger partial charge in [0.2, 0.25) is 0 Å². The highest BCUT2D eigenvalue weighted by Gasteiger charge is 2.11. The molecule has 2 aromatic rings. The van der Waals surface area contributed by atoms with Crippen molar-refractivity contribution in [2.45, 2.75) is 25.1 Å². The van der Waals surface area contributed by atoms with E-state index in [2.05, 4.69) is 60.1 Å². The second-order valence-corrected chi connectivity index (χ2v) is 6.20. The Morgan fingerprint density at radius 1 is 1.11 bits per heavy atom. The van der Waals surface area contributed by atoms with Crippen LogP contribution in [0.4, 0.5) is 0 Å². The highest BCUT2D eigenvalue weighted by Crippen LogP contribution is 2.30. The van der Waals surface area contributed by atoms with Gasteiger partial charge in [0.1, 0.15) is 0 Å². The molecule has 0 heterocycles. The molecule has 0 saturated carbocycles. The van der Waals surface area contributed by atoms with Crippen LogP contribution in [0.2, 0.25) is 5.02 Å². The van der Waals surface area contributed by atoms with Crippen molar-refractivity contribution in [2.24, 2.45) is 0 Å². The van der Waals surface area contributed by atoms with Crippen LogP contribution in [0.3, 0.4) is 0 Å². The third-order valence-electron chi connectivity index (χ3n) is 3.09. The molecule has 1 unspecified atom stereocenters. The third-order valence-corrected chi connectivity index (χ3v) is 4.16. The summed E-state index contributed by atoms with van der Waals surface area (Å²) in [6.07, 6.45) is 0.979. The molecule has 0 aromatic heterocycles. The number of hydrogen-bond donors (Lipinski definition) is 0. The average Bonchev–Trinajstić information content (AvgIpc) is 2.31. The van der Waals surface area contributed by atoms with Gasteiger partial charge in [-0.15, -0.1) is 0 Å². The number of aryl methyl sites for hydroxylation is 2. The molecule has 0 radical (unpaired) electrons. The molecule has 0 nitrogen and oxygen atoms in total. The van der Waals surface area contributed by atoms with Crippen molar-refractivity contribution in [2.75, 3.05) is 0 Å².